The lowest BCUT2D eigenvalue weighted by Crippen LogP contribution is -2.42. The summed E-state index contributed by atoms with van der Waals surface area (Å²) in [5.41, 5.74) is 1.23. The van der Waals surface area contributed by atoms with Gasteiger partial charge in [-0.2, -0.15) is 9.78 Å². The van der Waals surface area contributed by atoms with E-state index in [2.05, 4.69) is 15.7 Å². The predicted molar refractivity (Wildman–Crippen MR) is 101 cm³/mol. The van der Waals surface area contributed by atoms with Gasteiger partial charge in [0.05, 0.1) is 17.6 Å². The van der Waals surface area contributed by atoms with Crippen LogP contribution in [0.25, 0.3) is 5.69 Å². The molecule has 2 aromatic rings. The Kier molecular flexibility index (Phi) is 6.08. The number of aryl methyl sites for hydroxylation is 1. The maximum Gasteiger partial charge on any atom is 0.292 e. The monoisotopic (exact) mass is 382 g/mol. The Balaban J connectivity index is 2.42. The van der Waals surface area contributed by atoms with Crippen LogP contribution in [-0.4, -0.2) is 28.8 Å². The maximum atomic E-state index is 12.6. The van der Waals surface area contributed by atoms with Gasteiger partial charge in [0, 0.05) is 12.1 Å². The summed E-state index contributed by atoms with van der Waals surface area (Å²) in [6, 6.07) is 4.65. The fraction of sp³-hybridized carbons (Fsp3) is 0.353. The number of halogens is 2. The number of hydrogen-bond donors (Lipinski definition) is 2. The Bertz CT molecular complexity index is 849. The molecule has 0 aliphatic carbocycles. The van der Waals surface area contributed by atoms with Crippen molar-refractivity contribution in [2.45, 2.75) is 26.8 Å². The highest BCUT2D eigenvalue weighted by Crippen LogP contribution is 2.22. The van der Waals surface area contributed by atoms with Crippen LogP contribution in [0.2, 0.25) is 10.0 Å². The molecule has 0 bridgehead atoms. The van der Waals surface area contributed by atoms with Gasteiger partial charge in [0.25, 0.3) is 5.56 Å². The molecule has 0 aliphatic rings. The average molecular weight is 383 g/mol. The largest absolute Gasteiger partial charge is 0.371 e. The number of nitrogens with one attached hydrogen (secondary N) is 2. The highest BCUT2D eigenvalue weighted by Gasteiger charge is 2.23. The number of amides is 1. The average Bonchev–Trinajstić information content (AvgIpc) is 2.58. The molecule has 1 unspecified atom stereocenters. The number of benzene rings is 1. The first-order valence-corrected chi connectivity index (χ1v) is 8.54. The molecule has 0 fully saturated rings. The Hall–Kier alpha value is -2.05. The Morgan fingerprint density at radius 3 is 2.52 bits per heavy atom. The summed E-state index contributed by atoms with van der Waals surface area (Å²) in [4.78, 5) is 24.5. The minimum atomic E-state index is -0.534. The molecule has 1 aromatic carbocycles. The summed E-state index contributed by atoms with van der Waals surface area (Å²) in [5, 5.41) is 10.2. The fourth-order valence-corrected chi connectivity index (χ4v) is 2.65. The Morgan fingerprint density at radius 1 is 1.28 bits per heavy atom. The van der Waals surface area contributed by atoms with Crippen molar-refractivity contribution in [2.75, 3.05) is 12.4 Å². The second-order valence-corrected chi connectivity index (χ2v) is 6.79. The number of nitrogens with zero attached hydrogens (tertiary/aromatic N) is 2. The van der Waals surface area contributed by atoms with E-state index >= 15 is 0 Å². The molecule has 8 heteroatoms. The fourth-order valence-electron chi connectivity index (χ4n) is 2.29. The zero-order valence-corrected chi connectivity index (χ0v) is 15.9. The third-order valence-corrected chi connectivity index (χ3v) is 4.60. The van der Waals surface area contributed by atoms with Crippen LogP contribution in [-0.2, 0) is 4.79 Å². The number of aromatic nitrogens is 2. The molecule has 134 valence electrons. The van der Waals surface area contributed by atoms with Gasteiger partial charge in [0.15, 0.2) is 0 Å². The van der Waals surface area contributed by atoms with Crippen molar-refractivity contribution >= 4 is 34.8 Å². The highest BCUT2D eigenvalue weighted by molar-refractivity contribution is 6.33. The van der Waals surface area contributed by atoms with Gasteiger partial charge in [0.1, 0.15) is 11.1 Å². The maximum absolute atomic E-state index is 12.6. The minimum Gasteiger partial charge on any atom is -0.371 e. The Morgan fingerprint density at radius 2 is 1.96 bits per heavy atom. The SMILES string of the molecule is CNC(=O)C(Nc1cnn(-c2ccc(C)c(Cl)c2)c(=O)c1Cl)C(C)C. The number of carbonyl (C=O) groups excluding carboxylic acids is 1. The van der Waals surface area contributed by atoms with Crippen LogP contribution in [0.15, 0.2) is 29.2 Å². The van der Waals surface area contributed by atoms with Crippen LogP contribution in [0.1, 0.15) is 19.4 Å². The van der Waals surface area contributed by atoms with E-state index in [9.17, 15) is 9.59 Å². The summed E-state index contributed by atoms with van der Waals surface area (Å²) in [6.07, 6.45) is 1.43. The lowest BCUT2D eigenvalue weighted by atomic mass is 10.0. The van der Waals surface area contributed by atoms with Crippen molar-refractivity contribution in [1.29, 1.82) is 0 Å². The van der Waals surface area contributed by atoms with Crippen LogP contribution < -0.4 is 16.2 Å². The van der Waals surface area contributed by atoms with E-state index in [1.54, 1.807) is 25.2 Å². The molecular weight excluding hydrogens is 363 g/mol. The van der Waals surface area contributed by atoms with Crippen molar-refractivity contribution < 1.29 is 4.79 Å². The second kappa shape index (κ2) is 7.89. The van der Waals surface area contributed by atoms with Crippen molar-refractivity contribution in [1.82, 2.24) is 15.1 Å². The van der Waals surface area contributed by atoms with Gasteiger partial charge < -0.3 is 10.6 Å². The van der Waals surface area contributed by atoms with Gasteiger partial charge in [-0.05, 0) is 30.5 Å². The molecule has 2 rings (SSSR count). The van der Waals surface area contributed by atoms with Crippen LogP contribution in [0, 0.1) is 12.8 Å². The van der Waals surface area contributed by atoms with Gasteiger partial charge in [-0.15, -0.1) is 0 Å². The smallest absolute Gasteiger partial charge is 0.292 e. The number of carbonyl (C=O) groups is 1. The predicted octanol–water partition coefficient (Wildman–Crippen LogP) is 3.03. The molecule has 6 nitrogen and oxygen atoms in total. The van der Waals surface area contributed by atoms with Crippen molar-refractivity contribution in [3.63, 3.8) is 0 Å². The molecule has 1 aromatic heterocycles. The normalized spacial score (nSPS) is 12.1. The van der Waals surface area contributed by atoms with E-state index in [0.717, 1.165) is 5.56 Å². The molecule has 0 aliphatic heterocycles. The van der Waals surface area contributed by atoms with Crippen LogP contribution in [0.4, 0.5) is 5.69 Å². The topological polar surface area (TPSA) is 76.0 Å². The standard InChI is InChI=1S/C17H20Cl2N4O2/c1-9(2)15(16(24)20-4)22-13-8-21-23(17(25)14(13)19)11-6-5-10(3)12(18)7-11/h5-9,15,22H,1-4H3,(H,20,24). The quantitative estimate of drug-likeness (QED) is 0.832. The molecule has 25 heavy (non-hydrogen) atoms. The molecule has 1 atom stereocenters. The molecule has 0 saturated heterocycles. The van der Waals surface area contributed by atoms with Crippen molar-refractivity contribution in [3.8, 4) is 5.69 Å². The van der Waals surface area contributed by atoms with Crippen LogP contribution >= 0.6 is 23.2 Å². The van der Waals surface area contributed by atoms with E-state index < -0.39 is 11.6 Å². The van der Waals surface area contributed by atoms with Crippen molar-refractivity contribution in [3.05, 3.63) is 50.4 Å². The van der Waals surface area contributed by atoms with E-state index in [-0.39, 0.29) is 16.8 Å². The van der Waals surface area contributed by atoms with E-state index in [0.29, 0.717) is 16.4 Å². The van der Waals surface area contributed by atoms with Gasteiger partial charge >= 0.3 is 0 Å². The zero-order valence-electron chi connectivity index (χ0n) is 14.4. The summed E-state index contributed by atoms with van der Waals surface area (Å²) in [6.45, 7) is 5.65. The van der Waals surface area contributed by atoms with Gasteiger partial charge in [-0.1, -0.05) is 43.1 Å². The summed E-state index contributed by atoms with van der Waals surface area (Å²) in [5.74, 6) is -0.199. The van der Waals surface area contributed by atoms with E-state index in [4.69, 9.17) is 23.2 Å². The van der Waals surface area contributed by atoms with Crippen LogP contribution in [0.5, 0.6) is 0 Å². The van der Waals surface area contributed by atoms with Gasteiger partial charge in [-0.3, -0.25) is 9.59 Å². The number of hydrogen-bond acceptors (Lipinski definition) is 4. The van der Waals surface area contributed by atoms with Crippen LogP contribution in [0.3, 0.4) is 0 Å². The molecule has 0 saturated carbocycles. The van der Waals surface area contributed by atoms with Gasteiger partial charge in [0.2, 0.25) is 5.91 Å². The molecule has 0 radical (unpaired) electrons. The zero-order chi connectivity index (χ0) is 18.7. The molecule has 0 spiro atoms. The third kappa shape index (κ3) is 4.14. The van der Waals surface area contributed by atoms with Gasteiger partial charge in [-0.25, -0.2) is 0 Å². The molecule has 1 amide bonds. The lowest BCUT2D eigenvalue weighted by Gasteiger charge is -2.22. The first kappa shape index (κ1) is 19.3. The first-order valence-electron chi connectivity index (χ1n) is 7.78. The Labute approximate surface area is 156 Å². The summed E-state index contributed by atoms with van der Waals surface area (Å²) in [7, 11) is 1.55. The summed E-state index contributed by atoms with van der Waals surface area (Å²) >= 11 is 12.3. The molecular formula is C17H20Cl2N4O2. The number of likely N-dealkylation sites (N-methyl/N-ethyl adjacent to an activating group) is 1. The summed E-state index contributed by atoms with van der Waals surface area (Å²) < 4.78 is 1.17. The first-order chi connectivity index (χ1) is 11.8. The molecule has 2 N–H and O–H groups in total. The lowest BCUT2D eigenvalue weighted by molar-refractivity contribution is -0.122. The van der Waals surface area contributed by atoms with E-state index in [1.165, 1.54) is 10.9 Å². The van der Waals surface area contributed by atoms with Crippen molar-refractivity contribution in [2.24, 2.45) is 5.92 Å². The number of rotatable bonds is 5. The second-order valence-electron chi connectivity index (χ2n) is 6.00. The highest BCUT2D eigenvalue weighted by atomic mass is 35.5. The molecule has 1 heterocycles. The number of anilines is 1. The minimum absolute atomic E-state index is 0.00523. The third-order valence-electron chi connectivity index (χ3n) is 3.83. The van der Waals surface area contributed by atoms with E-state index in [1.807, 2.05) is 20.8 Å².